The van der Waals surface area contributed by atoms with E-state index in [-0.39, 0.29) is 17.6 Å². The van der Waals surface area contributed by atoms with Gasteiger partial charge in [-0.15, -0.1) is 0 Å². The van der Waals surface area contributed by atoms with Crippen molar-refractivity contribution in [3.05, 3.63) is 52.5 Å². The summed E-state index contributed by atoms with van der Waals surface area (Å²) in [7, 11) is -4.05. The van der Waals surface area contributed by atoms with Gasteiger partial charge < -0.3 is 19.1 Å². The van der Waals surface area contributed by atoms with Crippen LogP contribution < -0.4 is 14.4 Å². The molecule has 3 heterocycles. The fraction of sp³-hybridized carbons (Fsp3) is 0.552. The lowest BCUT2D eigenvalue weighted by atomic mass is 9.80. The molecule has 1 amide bonds. The van der Waals surface area contributed by atoms with Crippen LogP contribution in [0.5, 0.6) is 5.75 Å². The number of halogens is 1. The van der Waals surface area contributed by atoms with E-state index in [1.807, 2.05) is 18.2 Å². The van der Waals surface area contributed by atoms with E-state index < -0.39 is 27.4 Å². The largest absolute Gasteiger partial charge is 0.488 e. The first-order valence-electron chi connectivity index (χ1n) is 13.9. The third kappa shape index (κ3) is 5.26. The molecule has 3 aliphatic heterocycles. The highest BCUT2D eigenvalue weighted by Gasteiger charge is 2.45. The second kappa shape index (κ2) is 10.6. The molecular formula is C29H35ClN2O6S. The van der Waals surface area contributed by atoms with Gasteiger partial charge in [-0.1, -0.05) is 31.0 Å². The molecule has 2 aromatic rings. The van der Waals surface area contributed by atoms with Crippen molar-refractivity contribution in [2.75, 3.05) is 37.8 Å². The molecule has 10 heteroatoms. The molecule has 2 bridgehead atoms. The summed E-state index contributed by atoms with van der Waals surface area (Å²) < 4.78 is 48.0. The lowest BCUT2D eigenvalue weighted by Crippen LogP contribution is -2.51. The number of nitrogens with one attached hydrogen (secondary N) is 1. The average Bonchev–Trinajstić information content (AvgIpc) is 3.04. The molecule has 2 aromatic carbocycles. The van der Waals surface area contributed by atoms with E-state index in [4.69, 9.17) is 25.8 Å². The van der Waals surface area contributed by atoms with E-state index in [1.54, 1.807) is 19.1 Å². The molecule has 8 nitrogen and oxygen atoms in total. The van der Waals surface area contributed by atoms with Gasteiger partial charge >= 0.3 is 0 Å². The summed E-state index contributed by atoms with van der Waals surface area (Å²) in [6, 6.07) is 10.7. The Morgan fingerprint density at radius 1 is 1.08 bits per heavy atom. The normalized spacial score (nSPS) is 30.7. The molecule has 1 saturated carbocycles. The fourth-order valence-corrected chi connectivity index (χ4v) is 7.48. The van der Waals surface area contributed by atoms with Crippen LogP contribution in [0.2, 0.25) is 5.02 Å². The summed E-state index contributed by atoms with van der Waals surface area (Å²) in [5.74, 6) is -0.00203. The number of anilines is 1. The predicted octanol–water partition coefficient (Wildman–Crippen LogP) is 4.43. The van der Waals surface area contributed by atoms with Crippen LogP contribution in [0, 0.1) is 11.8 Å². The van der Waals surface area contributed by atoms with Crippen LogP contribution >= 0.6 is 11.6 Å². The molecule has 210 valence electrons. The lowest BCUT2D eigenvalue weighted by Gasteiger charge is -2.44. The SMILES string of the molecule is C[C@@H]1CCCCO[C@@H]2CC[C@H]2CN2C[C@]3(COc4ccc(cc42)S(=O)(=O)NC1=O)OCCc1cc(Cl)ccc13. The van der Waals surface area contributed by atoms with Crippen molar-refractivity contribution in [1.82, 2.24) is 4.72 Å². The Balaban J connectivity index is 1.41. The standard InChI is InChI=1S/C29H35ClN2O6S/c1-19-4-2-3-12-36-26-9-5-21(26)16-32-17-29(24-8-6-22(30)14-20(24)11-13-38-29)18-37-27-10-7-23(15-25(27)32)39(34,35)31-28(19)33/h6-8,10,14-15,19,21,26H,2-5,9,11-13,16-18H2,1H3,(H,31,33)/t19-,21+,26-,29-/m1/s1. The minimum atomic E-state index is -4.05. The molecule has 1 spiro atoms. The van der Waals surface area contributed by atoms with E-state index in [2.05, 4.69) is 9.62 Å². The number of rotatable bonds is 0. The van der Waals surface area contributed by atoms with Gasteiger partial charge in [-0.05, 0) is 73.6 Å². The van der Waals surface area contributed by atoms with E-state index in [0.29, 0.717) is 55.1 Å². The Morgan fingerprint density at radius 2 is 1.95 bits per heavy atom. The molecule has 0 aromatic heterocycles. The van der Waals surface area contributed by atoms with Crippen molar-refractivity contribution < 1.29 is 27.4 Å². The molecule has 0 unspecified atom stereocenters. The van der Waals surface area contributed by atoms with Gasteiger partial charge in [0.15, 0.2) is 0 Å². The van der Waals surface area contributed by atoms with Crippen molar-refractivity contribution in [2.45, 2.75) is 62.0 Å². The molecule has 39 heavy (non-hydrogen) atoms. The van der Waals surface area contributed by atoms with Gasteiger partial charge in [-0.3, -0.25) is 4.79 Å². The molecule has 0 saturated heterocycles. The zero-order chi connectivity index (χ0) is 27.2. The smallest absolute Gasteiger partial charge is 0.264 e. The Hall–Kier alpha value is -2.33. The summed E-state index contributed by atoms with van der Waals surface area (Å²) in [6.45, 7) is 4.40. The number of amides is 1. The van der Waals surface area contributed by atoms with Crippen LogP contribution in [0.1, 0.15) is 50.2 Å². The van der Waals surface area contributed by atoms with Gasteiger partial charge in [0.25, 0.3) is 10.0 Å². The van der Waals surface area contributed by atoms with Crippen LogP contribution in [0.25, 0.3) is 0 Å². The van der Waals surface area contributed by atoms with Gasteiger partial charge in [0.1, 0.15) is 18.0 Å². The van der Waals surface area contributed by atoms with E-state index in [0.717, 1.165) is 43.2 Å². The van der Waals surface area contributed by atoms with Gasteiger partial charge in [-0.25, -0.2) is 13.1 Å². The predicted molar refractivity (Wildman–Crippen MR) is 148 cm³/mol. The Labute approximate surface area is 235 Å². The van der Waals surface area contributed by atoms with Crippen molar-refractivity contribution in [3.63, 3.8) is 0 Å². The highest BCUT2D eigenvalue weighted by molar-refractivity contribution is 7.90. The first kappa shape index (κ1) is 26.9. The zero-order valence-corrected chi connectivity index (χ0v) is 23.7. The molecule has 0 radical (unpaired) electrons. The molecule has 4 aliphatic rings. The number of nitrogens with zero attached hydrogens (tertiary/aromatic N) is 1. The van der Waals surface area contributed by atoms with Crippen molar-refractivity contribution >= 4 is 33.2 Å². The van der Waals surface area contributed by atoms with Gasteiger partial charge in [0, 0.05) is 30.0 Å². The van der Waals surface area contributed by atoms with Crippen molar-refractivity contribution in [1.29, 1.82) is 0 Å². The monoisotopic (exact) mass is 574 g/mol. The average molecular weight is 575 g/mol. The number of sulfonamides is 1. The first-order valence-corrected chi connectivity index (χ1v) is 15.7. The molecule has 4 atom stereocenters. The van der Waals surface area contributed by atoms with Gasteiger partial charge in [-0.2, -0.15) is 0 Å². The zero-order valence-electron chi connectivity index (χ0n) is 22.2. The van der Waals surface area contributed by atoms with E-state index in [1.165, 1.54) is 6.07 Å². The number of hydrogen-bond acceptors (Lipinski definition) is 7. The van der Waals surface area contributed by atoms with Crippen LogP contribution in [0.15, 0.2) is 41.3 Å². The lowest BCUT2D eigenvalue weighted by molar-refractivity contribution is -0.122. The number of benzene rings is 2. The van der Waals surface area contributed by atoms with Crippen molar-refractivity contribution in [3.8, 4) is 5.75 Å². The summed E-state index contributed by atoms with van der Waals surface area (Å²) in [5, 5.41) is 0.689. The minimum absolute atomic E-state index is 0.0385. The summed E-state index contributed by atoms with van der Waals surface area (Å²) in [4.78, 5) is 15.0. The third-order valence-corrected chi connectivity index (χ3v) is 10.2. The number of fused-ring (bicyclic) bond motifs is 4. The molecular weight excluding hydrogens is 540 g/mol. The summed E-state index contributed by atoms with van der Waals surface area (Å²) in [6.07, 6.45) is 5.23. The highest BCUT2D eigenvalue weighted by Crippen LogP contribution is 2.44. The fourth-order valence-electron chi connectivity index (χ4n) is 6.19. The number of hydrogen-bond donors (Lipinski definition) is 1. The Bertz CT molecular complexity index is 1370. The topological polar surface area (TPSA) is 94.2 Å². The number of ether oxygens (including phenoxy) is 3. The molecule has 1 N–H and O–H groups in total. The number of carbonyl (C=O) groups excluding carboxylic acids is 1. The molecule has 6 rings (SSSR count). The second-order valence-electron chi connectivity index (χ2n) is 11.3. The summed E-state index contributed by atoms with van der Waals surface area (Å²) in [5.41, 5.74) is 2.13. The highest BCUT2D eigenvalue weighted by atomic mass is 35.5. The van der Waals surface area contributed by atoms with Gasteiger partial charge in [0.05, 0.1) is 29.8 Å². The van der Waals surface area contributed by atoms with E-state index >= 15 is 0 Å². The maximum absolute atomic E-state index is 13.3. The third-order valence-electron chi connectivity index (χ3n) is 8.64. The Kier molecular flexibility index (Phi) is 7.29. The second-order valence-corrected chi connectivity index (χ2v) is 13.4. The quantitative estimate of drug-likeness (QED) is 0.497. The van der Waals surface area contributed by atoms with Crippen LogP contribution in [0.4, 0.5) is 5.69 Å². The Morgan fingerprint density at radius 3 is 2.77 bits per heavy atom. The minimum Gasteiger partial charge on any atom is -0.488 e. The molecule has 1 aliphatic carbocycles. The maximum Gasteiger partial charge on any atom is 0.264 e. The first-order chi connectivity index (χ1) is 18.7. The van der Waals surface area contributed by atoms with Crippen LogP contribution in [0.3, 0.4) is 0 Å². The summed E-state index contributed by atoms with van der Waals surface area (Å²) >= 11 is 6.33. The molecule has 1 fully saturated rings. The number of carbonyl (C=O) groups is 1. The van der Waals surface area contributed by atoms with Gasteiger partial charge in [0.2, 0.25) is 5.91 Å². The van der Waals surface area contributed by atoms with E-state index in [9.17, 15) is 13.2 Å². The van der Waals surface area contributed by atoms with Crippen molar-refractivity contribution in [2.24, 2.45) is 11.8 Å². The van der Waals surface area contributed by atoms with Crippen LogP contribution in [-0.2, 0) is 36.3 Å². The van der Waals surface area contributed by atoms with Crippen LogP contribution in [-0.4, -0.2) is 53.3 Å². The maximum atomic E-state index is 13.3.